The maximum Gasteiger partial charge on any atom is 0.310 e. The number of unbranched alkanes of at least 4 members (excludes halogenated alkanes) is 11. The molecular weight excluding hydrogens is 366 g/mol. The fourth-order valence-corrected chi connectivity index (χ4v) is 3.01. The van der Waals surface area contributed by atoms with E-state index in [2.05, 4.69) is 19.1 Å². The first-order chi connectivity index (χ1) is 14.2. The van der Waals surface area contributed by atoms with Crippen molar-refractivity contribution in [3.63, 3.8) is 0 Å². The lowest BCUT2D eigenvalue weighted by Crippen LogP contribution is -2.16. The predicted octanol–water partition coefficient (Wildman–Crippen LogP) is 6.59. The van der Waals surface area contributed by atoms with Gasteiger partial charge in [-0.05, 0) is 32.1 Å². The minimum Gasteiger partial charge on any atom is -0.433 e. The Hall–Kier alpha value is -1.64. The molecule has 0 aromatic rings. The highest BCUT2D eigenvalue weighted by Gasteiger charge is 2.13. The van der Waals surface area contributed by atoms with Crippen molar-refractivity contribution in [1.29, 1.82) is 5.26 Å². The van der Waals surface area contributed by atoms with Crippen LogP contribution in [0.15, 0.2) is 24.0 Å². The highest BCUT2D eigenvalue weighted by Crippen LogP contribution is 2.11. The Morgan fingerprint density at radius 2 is 1.38 bits per heavy atom. The number of nitrogens with zero attached hydrogens (tertiary/aromatic N) is 1. The zero-order valence-electron chi connectivity index (χ0n) is 18.8. The van der Waals surface area contributed by atoms with E-state index in [1.54, 1.807) is 0 Å². The van der Waals surface area contributed by atoms with Crippen molar-refractivity contribution in [3.8, 4) is 6.07 Å². The number of methoxy groups -OCH3 is 2. The minimum atomic E-state index is -0.812. The van der Waals surface area contributed by atoms with Gasteiger partial charge < -0.3 is 14.2 Å². The van der Waals surface area contributed by atoms with Gasteiger partial charge in [0.25, 0.3) is 0 Å². The monoisotopic (exact) mass is 407 g/mol. The fraction of sp³-hybridized carbons (Fsp3) is 0.750. The summed E-state index contributed by atoms with van der Waals surface area (Å²) in [4.78, 5) is 11.7. The maximum atomic E-state index is 11.7. The Kier molecular flexibility index (Phi) is 19.9. The molecule has 0 heterocycles. The van der Waals surface area contributed by atoms with Crippen LogP contribution in [0.2, 0.25) is 0 Å². The van der Waals surface area contributed by atoms with Gasteiger partial charge in [-0.25, -0.2) is 0 Å². The second-order valence-corrected chi connectivity index (χ2v) is 7.31. The number of hydrogen-bond acceptors (Lipinski definition) is 5. The highest BCUT2D eigenvalue weighted by atomic mass is 16.7. The van der Waals surface area contributed by atoms with Crippen LogP contribution < -0.4 is 0 Å². The molecule has 0 aliphatic heterocycles. The molecule has 5 nitrogen and oxygen atoms in total. The third-order valence-corrected chi connectivity index (χ3v) is 4.77. The van der Waals surface area contributed by atoms with Crippen molar-refractivity contribution in [1.82, 2.24) is 0 Å². The van der Waals surface area contributed by atoms with Gasteiger partial charge in [0.05, 0.1) is 0 Å². The van der Waals surface area contributed by atoms with E-state index in [0.717, 1.165) is 31.9 Å². The first-order valence-electron chi connectivity index (χ1n) is 11.2. The normalized spacial score (nSPS) is 11.9. The zero-order chi connectivity index (χ0) is 21.6. The van der Waals surface area contributed by atoms with Crippen LogP contribution in [-0.2, 0) is 19.0 Å². The van der Waals surface area contributed by atoms with Gasteiger partial charge in [-0.3, -0.25) is 4.79 Å². The molecule has 0 saturated carbocycles. The molecule has 0 spiro atoms. The number of carbonyl (C=O) groups is 1. The Bertz CT molecular complexity index is 490. The quantitative estimate of drug-likeness (QED) is 0.0603. The first kappa shape index (κ1) is 27.4. The van der Waals surface area contributed by atoms with Crippen molar-refractivity contribution in [2.75, 3.05) is 14.2 Å². The van der Waals surface area contributed by atoms with Crippen LogP contribution in [0.5, 0.6) is 0 Å². The number of nitriles is 1. The van der Waals surface area contributed by atoms with Crippen LogP contribution in [0.25, 0.3) is 0 Å². The van der Waals surface area contributed by atoms with Gasteiger partial charge in [-0.2, -0.15) is 5.26 Å². The second-order valence-electron chi connectivity index (χ2n) is 7.31. The van der Waals surface area contributed by atoms with E-state index in [-0.39, 0.29) is 11.5 Å². The summed E-state index contributed by atoms with van der Waals surface area (Å²) in [6, 6.07) is 1.91. The van der Waals surface area contributed by atoms with Gasteiger partial charge in [0.15, 0.2) is 6.29 Å². The lowest BCUT2D eigenvalue weighted by Gasteiger charge is -2.11. The summed E-state index contributed by atoms with van der Waals surface area (Å²) < 4.78 is 14.9. The average molecular weight is 408 g/mol. The first-order valence-corrected chi connectivity index (χ1v) is 11.2. The summed E-state index contributed by atoms with van der Waals surface area (Å²) in [6.07, 6.45) is 21.2. The number of allylic oxidation sites excluding steroid dienone is 2. The van der Waals surface area contributed by atoms with Crippen molar-refractivity contribution in [3.05, 3.63) is 24.0 Å². The molecule has 5 heteroatoms. The molecule has 0 atom stereocenters. The number of ether oxygens (including phenoxy) is 3. The maximum absolute atomic E-state index is 11.7. The van der Waals surface area contributed by atoms with E-state index in [0.29, 0.717) is 6.42 Å². The van der Waals surface area contributed by atoms with E-state index in [1.807, 2.05) is 6.07 Å². The summed E-state index contributed by atoms with van der Waals surface area (Å²) in [5.41, 5.74) is 0.132. The Morgan fingerprint density at radius 3 is 1.90 bits per heavy atom. The van der Waals surface area contributed by atoms with E-state index in [1.165, 1.54) is 72.0 Å². The molecule has 0 unspecified atom stereocenters. The number of esters is 1. The zero-order valence-corrected chi connectivity index (χ0v) is 18.8. The molecule has 29 heavy (non-hydrogen) atoms. The van der Waals surface area contributed by atoms with Crippen LogP contribution >= 0.6 is 0 Å². The van der Waals surface area contributed by atoms with E-state index >= 15 is 0 Å². The second kappa shape index (κ2) is 21.1. The van der Waals surface area contributed by atoms with Gasteiger partial charge in [0.2, 0.25) is 0 Å². The topological polar surface area (TPSA) is 68.6 Å². The van der Waals surface area contributed by atoms with Gasteiger partial charge in [-0.15, -0.1) is 0 Å². The minimum absolute atomic E-state index is 0.132. The molecular formula is C24H41NO4. The van der Waals surface area contributed by atoms with E-state index in [9.17, 15) is 4.79 Å². The van der Waals surface area contributed by atoms with Gasteiger partial charge in [-0.1, -0.05) is 70.4 Å². The molecule has 0 radical (unpaired) electrons. The molecule has 0 aromatic heterocycles. The molecule has 0 N–H and O–H groups in total. The van der Waals surface area contributed by atoms with Crippen LogP contribution in [0, 0.1) is 11.3 Å². The van der Waals surface area contributed by atoms with Crippen LogP contribution in [0.3, 0.4) is 0 Å². The van der Waals surface area contributed by atoms with Crippen molar-refractivity contribution >= 4 is 5.97 Å². The Labute approximate surface area is 178 Å². The van der Waals surface area contributed by atoms with Gasteiger partial charge in [0, 0.05) is 20.6 Å². The molecule has 0 fully saturated rings. The van der Waals surface area contributed by atoms with E-state index in [4.69, 9.17) is 19.5 Å². The number of hydrogen-bond donors (Lipinski definition) is 0. The van der Waals surface area contributed by atoms with Gasteiger partial charge >= 0.3 is 5.97 Å². The molecule has 166 valence electrons. The SMILES string of the molecule is CCCCCCCC/C=C\CCCCCCCC(=O)O/C=C(\C#N)C(OC)OC. The molecule has 0 aliphatic rings. The summed E-state index contributed by atoms with van der Waals surface area (Å²) >= 11 is 0. The van der Waals surface area contributed by atoms with E-state index < -0.39 is 6.29 Å². The molecule has 0 bridgehead atoms. The molecule has 0 saturated heterocycles. The summed E-state index contributed by atoms with van der Waals surface area (Å²) in [6.45, 7) is 2.25. The smallest absolute Gasteiger partial charge is 0.310 e. The molecule has 0 aliphatic carbocycles. The average Bonchev–Trinajstić information content (AvgIpc) is 2.73. The largest absolute Gasteiger partial charge is 0.433 e. The molecule has 0 aromatic carbocycles. The lowest BCUT2D eigenvalue weighted by molar-refractivity contribution is -0.138. The predicted molar refractivity (Wildman–Crippen MR) is 117 cm³/mol. The summed E-state index contributed by atoms with van der Waals surface area (Å²) in [5.74, 6) is -0.332. The lowest BCUT2D eigenvalue weighted by atomic mass is 10.1. The standard InChI is InChI=1S/C24H41NO4/c1-4-5-6-7-8-9-10-11-12-13-14-15-16-17-18-19-23(26)29-21-22(20-25)24(27-2)28-3/h11-12,21,24H,4-10,13-19H2,1-3H3/b12-11-,22-21+. The molecule has 0 rings (SSSR count). The highest BCUT2D eigenvalue weighted by molar-refractivity contribution is 5.70. The Morgan fingerprint density at radius 1 is 0.862 bits per heavy atom. The van der Waals surface area contributed by atoms with Crippen molar-refractivity contribution in [2.45, 2.75) is 103 Å². The third-order valence-electron chi connectivity index (χ3n) is 4.77. The molecule has 0 amide bonds. The van der Waals surface area contributed by atoms with Gasteiger partial charge in [0.1, 0.15) is 17.9 Å². The Balaban J connectivity index is 3.57. The van der Waals surface area contributed by atoms with Crippen molar-refractivity contribution < 1.29 is 19.0 Å². The number of carbonyl (C=O) groups excluding carboxylic acids is 1. The summed E-state index contributed by atoms with van der Waals surface area (Å²) in [7, 11) is 2.85. The van der Waals surface area contributed by atoms with Crippen LogP contribution in [-0.4, -0.2) is 26.5 Å². The third kappa shape index (κ3) is 17.0. The number of rotatable bonds is 19. The van der Waals surface area contributed by atoms with Crippen LogP contribution in [0.1, 0.15) is 96.8 Å². The fourth-order valence-electron chi connectivity index (χ4n) is 3.01. The van der Waals surface area contributed by atoms with Crippen molar-refractivity contribution in [2.24, 2.45) is 0 Å². The summed E-state index contributed by atoms with van der Waals surface area (Å²) in [5, 5.41) is 9.01. The van der Waals surface area contributed by atoms with Crippen LogP contribution in [0.4, 0.5) is 0 Å².